The van der Waals surface area contributed by atoms with Crippen LogP contribution in [0.25, 0.3) is 0 Å². The molecule has 3 aliphatic carbocycles. The zero-order valence-electron chi connectivity index (χ0n) is 7.71. The van der Waals surface area contributed by atoms with Gasteiger partial charge in [-0.3, -0.25) is 4.79 Å². The molecule has 2 heteroatoms. The fourth-order valence-electron chi connectivity index (χ4n) is 2.90. The normalized spacial score (nSPS) is 39.2. The molecule has 0 radical (unpaired) electrons. The van der Waals surface area contributed by atoms with E-state index in [0.717, 1.165) is 23.2 Å². The summed E-state index contributed by atoms with van der Waals surface area (Å²) in [5.41, 5.74) is 0. The minimum Gasteiger partial charge on any atom is -0.299 e. The Kier molecular flexibility index (Phi) is 2.73. The molecule has 0 aromatic carbocycles. The molecule has 0 heterocycles. The van der Waals surface area contributed by atoms with Gasteiger partial charge in [-0.25, -0.2) is 0 Å². The first-order valence-corrected chi connectivity index (χ1v) is 5.50. The highest BCUT2D eigenvalue weighted by atomic mass is 35.5. The summed E-state index contributed by atoms with van der Waals surface area (Å²) in [6.07, 6.45) is 8.96. The van der Waals surface area contributed by atoms with Crippen LogP contribution < -0.4 is 0 Å². The van der Waals surface area contributed by atoms with Crippen molar-refractivity contribution in [2.75, 3.05) is 0 Å². The van der Waals surface area contributed by atoms with Gasteiger partial charge >= 0.3 is 0 Å². The maximum Gasteiger partial charge on any atom is 0.144 e. The van der Waals surface area contributed by atoms with Crippen molar-refractivity contribution in [3.05, 3.63) is 11.1 Å². The maximum atomic E-state index is 10.3. The molecule has 0 aromatic rings. The predicted octanol–water partition coefficient (Wildman–Crippen LogP) is 3.13. The molecule has 1 unspecified atom stereocenters. The Bertz CT molecular complexity index is 226. The van der Waals surface area contributed by atoms with Crippen LogP contribution >= 0.6 is 11.6 Å². The zero-order chi connectivity index (χ0) is 9.26. The average Bonchev–Trinajstić information content (AvgIpc) is 2.20. The fraction of sp³-hybridized carbons (Fsp3) is 0.727. The van der Waals surface area contributed by atoms with Gasteiger partial charge in [0, 0.05) is 5.03 Å². The summed E-state index contributed by atoms with van der Waals surface area (Å²) < 4.78 is 0. The lowest BCUT2D eigenvalue weighted by Gasteiger charge is -2.42. The van der Waals surface area contributed by atoms with Gasteiger partial charge in [0.15, 0.2) is 0 Å². The van der Waals surface area contributed by atoms with Gasteiger partial charge in [0.1, 0.15) is 6.29 Å². The first-order chi connectivity index (χ1) is 6.31. The third-order valence-corrected chi connectivity index (χ3v) is 4.04. The van der Waals surface area contributed by atoms with Crippen molar-refractivity contribution in [3.8, 4) is 0 Å². The van der Waals surface area contributed by atoms with Gasteiger partial charge in [-0.1, -0.05) is 24.4 Å². The maximum absolute atomic E-state index is 10.3. The van der Waals surface area contributed by atoms with Crippen LogP contribution in [0.3, 0.4) is 0 Å². The van der Waals surface area contributed by atoms with Gasteiger partial charge in [-0.2, -0.15) is 0 Å². The number of fused-ring (bicyclic) bond motifs is 3. The molecule has 3 rings (SSSR count). The van der Waals surface area contributed by atoms with Gasteiger partial charge < -0.3 is 0 Å². The Morgan fingerprint density at radius 1 is 1.23 bits per heavy atom. The van der Waals surface area contributed by atoms with E-state index in [0.29, 0.717) is 5.92 Å². The van der Waals surface area contributed by atoms with Crippen LogP contribution in [0.4, 0.5) is 0 Å². The fourth-order valence-corrected chi connectivity index (χ4v) is 3.22. The number of hydrogen-bond acceptors (Lipinski definition) is 1. The highest BCUT2D eigenvalue weighted by Crippen LogP contribution is 2.48. The molecule has 13 heavy (non-hydrogen) atoms. The highest BCUT2D eigenvalue weighted by Gasteiger charge is 2.36. The van der Waals surface area contributed by atoms with E-state index in [1.54, 1.807) is 0 Å². The second kappa shape index (κ2) is 3.83. The van der Waals surface area contributed by atoms with Crippen LogP contribution in [0.2, 0.25) is 0 Å². The minimum atomic E-state index is 0.499. The van der Waals surface area contributed by atoms with Gasteiger partial charge in [-0.05, 0) is 43.1 Å². The van der Waals surface area contributed by atoms with Crippen LogP contribution in [0.15, 0.2) is 11.1 Å². The molecule has 3 fully saturated rings. The molecule has 72 valence electrons. The molecule has 0 aromatic heterocycles. The monoisotopic (exact) mass is 198 g/mol. The Labute approximate surface area is 84.2 Å². The van der Waals surface area contributed by atoms with Crippen molar-refractivity contribution in [1.29, 1.82) is 0 Å². The molecule has 0 amide bonds. The molecule has 3 aliphatic rings. The highest BCUT2D eigenvalue weighted by molar-refractivity contribution is 6.30. The first-order valence-electron chi connectivity index (χ1n) is 5.12. The molecule has 0 saturated heterocycles. The molecule has 2 bridgehead atoms. The molecule has 3 saturated carbocycles. The molecule has 0 spiro atoms. The lowest BCUT2D eigenvalue weighted by molar-refractivity contribution is -0.104. The number of rotatable bonds is 2. The van der Waals surface area contributed by atoms with E-state index in [1.807, 2.05) is 0 Å². The van der Waals surface area contributed by atoms with Crippen LogP contribution in [0, 0.1) is 17.8 Å². The predicted molar refractivity (Wildman–Crippen MR) is 53.6 cm³/mol. The molecular formula is C11H15ClO. The third kappa shape index (κ3) is 1.80. The average molecular weight is 199 g/mol. The number of aldehydes is 1. The summed E-state index contributed by atoms with van der Waals surface area (Å²) in [4.78, 5) is 10.3. The van der Waals surface area contributed by atoms with E-state index in [4.69, 9.17) is 11.6 Å². The van der Waals surface area contributed by atoms with E-state index in [2.05, 4.69) is 0 Å². The molecule has 1 atom stereocenters. The van der Waals surface area contributed by atoms with Crippen molar-refractivity contribution in [2.45, 2.75) is 32.1 Å². The number of carbonyl (C=O) groups excluding carboxylic acids is 1. The molecule has 1 nitrogen and oxygen atoms in total. The van der Waals surface area contributed by atoms with Crippen LogP contribution in [0.5, 0.6) is 0 Å². The molecule has 0 N–H and O–H groups in total. The van der Waals surface area contributed by atoms with Crippen molar-refractivity contribution in [1.82, 2.24) is 0 Å². The second-order valence-electron chi connectivity index (χ2n) is 4.31. The van der Waals surface area contributed by atoms with Crippen molar-refractivity contribution in [3.63, 3.8) is 0 Å². The number of carbonyl (C=O) groups is 1. The van der Waals surface area contributed by atoms with Crippen LogP contribution in [-0.4, -0.2) is 6.29 Å². The number of halogens is 1. The lowest BCUT2D eigenvalue weighted by Crippen LogP contribution is -2.31. The Hall–Kier alpha value is -0.300. The smallest absolute Gasteiger partial charge is 0.144 e. The Morgan fingerprint density at radius 3 is 2.38 bits per heavy atom. The van der Waals surface area contributed by atoms with Crippen LogP contribution in [0.1, 0.15) is 32.1 Å². The summed E-state index contributed by atoms with van der Waals surface area (Å²) in [5, 5.41) is 0.796. The molecule has 0 aliphatic heterocycles. The van der Waals surface area contributed by atoms with Crippen molar-refractivity contribution < 1.29 is 4.79 Å². The summed E-state index contributed by atoms with van der Waals surface area (Å²) >= 11 is 6.08. The summed E-state index contributed by atoms with van der Waals surface area (Å²) in [5.74, 6) is 2.14. The summed E-state index contributed by atoms with van der Waals surface area (Å²) in [7, 11) is 0. The molecular weight excluding hydrogens is 184 g/mol. The minimum absolute atomic E-state index is 0.499. The summed E-state index contributed by atoms with van der Waals surface area (Å²) in [6, 6.07) is 0. The summed E-state index contributed by atoms with van der Waals surface area (Å²) in [6.45, 7) is 0. The van der Waals surface area contributed by atoms with Gasteiger partial charge in [0.2, 0.25) is 0 Å². The van der Waals surface area contributed by atoms with Crippen LogP contribution in [-0.2, 0) is 4.79 Å². The Balaban J connectivity index is 2.08. The topological polar surface area (TPSA) is 17.1 Å². The Morgan fingerprint density at radius 2 is 1.92 bits per heavy atom. The quantitative estimate of drug-likeness (QED) is 0.492. The van der Waals surface area contributed by atoms with E-state index >= 15 is 0 Å². The van der Waals surface area contributed by atoms with E-state index in [9.17, 15) is 4.79 Å². The first kappa shape index (κ1) is 9.26. The van der Waals surface area contributed by atoms with E-state index in [-0.39, 0.29) is 0 Å². The zero-order valence-corrected chi connectivity index (χ0v) is 8.46. The second-order valence-corrected chi connectivity index (χ2v) is 4.75. The van der Waals surface area contributed by atoms with E-state index < -0.39 is 0 Å². The van der Waals surface area contributed by atoms with Gasteiger partial charge in [0.05, 0.1) is 0 Å². The number of hydrogen-bond donors (Lipinski definition) is 0. The largest absolute Gasteiger partial charge is 0.299 e. The lowest BCUT2D eigenvalue weighted by atomic mass is 9.64. The van der Waals surface area contributed by atoms with Gasteiger partial charge in [-0.15, -0.1) is 0 Å². The third-order valence-electron chi connectivity index (χ3n) is 3.63. The number of allylic oxidation sites excluding steroid dienone is 2. The SMILES string of the molecule is O=C/C=C(\Cl)C1CC2CCC1CC2. The van der Waals surface area contributed by atoms with Crippen molar-refractivity contribution in [2.24, 2.45) is 17.8 Å². The van der Waals surface area contributed by atoms with Gasteiger partial charge in [0.25, 0.3) is 0 Å². The van der Waals surface area contributed by atoms with Crippen molar-refractivity contribution >= 4 is 17.9 Å². The standard InChI is InChI=1S/C11H15ClO/c12-11(5-6-13)10-7-8-1-3-9(10)4-2-8/h5-6,8-10H,1-4,7H2/b11-5-. The van der Waals surface area contributed by atoms with E-state index in [1.165, 1.54) is 38.2 Å².